The van der Waals surface area contributed by atoms with E-state index < -0.39 is 11.9 Å². The van der Waals surface area contributed by atoms with E-state index in [2.05, 4.69) is 20.3 Å². The van der Waals surface area contributed by atoms with Crippen molar-refractivity contribution >= 4 is 23.4 Å². The lowest BCUT2D eigenvalue weighted by Crippen LogP contribution is -2.32. The summed E-state index contributed by atoms with van der Waals surface area (Å²) in [6.07, 6.45) is 1.77. The molecule has 1 aromatic rings. The minimum Gasteiger partial charge on any atom is -0.477 e. The van der Waals surface area contributed by atoms with Gasteiger partial charge in [-0.25, -0.2) is 23.6 Å². The second-order valence-electron chi connectivity index (χ2n) is 6.16. The highest BCUT2D eigenvalue weighted by atomic mass is 19.3. The average Bonchev–Trinajstić information content (AvgIpc) is 2.48. The molecule has 0 unspecified atom stereocenters. The molecule has 0 saturated heterocycles. The first-order chi connectivity index (χ1) is 11.6. The number of nitrogens with zero attached hydrogens (tertiary/aromatic N) is 3. The van der Waals surface area contributed by atoms with Gasteiger partial charge in [-0.3, -0.25) is 0 Å². The van der Waals surface area contributed by atoms with Crippen molar-refractivity contribution in [1.82, 2.24) is 9.97 Å². The molecule has 1 heterocycles. The van der Waals surface area contributed by atoms with Crippen LogP contribution in [0.5, 0.6) is 0 Å². The van der Waals surface area contributed by atoms with E-state index in [1.165, 1.54) is 6.07 Å². The van der Waals surface area contributed by atoms with Gasteiger partial charge in [-0.05, 0) is 32.8 Å². The van der Waals surface area contributed by atoms with E-state index in [-0.39, 0.29) is 49.2 Å². The first kappa shape index (κ1) is 18.8. The standard InChI is InChI=1S/C16H21F2N5O2/c1-9(19)7-10(2)20-15-22-12(14(24)25)8-13(23-15)21-11-3-5-16(17,18)6-4-11/h7-8,11H,3-6,19H2,1-2H3,(H,24,25)(H,21,22,23)/b9-7-,20-10+. The number of alkyl halides is 2. The van der Waals surface area contributed by atoms with Gasteiger partial charge in [0.05, 0.1) is 0 Å². The van der Waals surface area contributed by atoms with Crippen molar-refractivity contribution in [2.75, 3.05) is 5.32 Å². The van der Waals surface area contributed by atoms with E-state index >= 15 is 0 Å². The van der Waals surface area contributed by atoms with E-state index in [4.69, 9.17) is 5.73 Å². The van der Waals surface area contributed by atoms with E-state index in [0.717, 1.165) is 0 Å². The number of nitrogens with two attached hydrogens (primary N) is 1. The van der Waals surface area contributed by atoms with Gasteiger partial charge in [0.2, 0.25) is 5.92 Å². The molecule has 1 aliphatic rings. The molecule has 0 aliphatic heterocycles. The number of nitrogens with one attached hydrogen (secondary N) is 1. The molecule has 4 N–H and O–H groups in total. The fourth-order valence-corrected chi connectivity index (χ4v) is 2.58. The molecule has 2 rings (SSSR count). The van der Waals surface area contributed by atoms with Crippen molar-refractivity contribution in [3.63, 3.8) is 0 Å². The van der Waals surface area contributed by atoms with Crippen molar-refractivity contribution in [3.8, 4) is 0 Å². The summed E-state index contributed by atoms with van der Waals surface area (Å²) < 4.78 is 26.5. The number of carboxylic acid groups (broad SMARTS) is 1. The second-order valence-corrected chi connectivity index (χ2v) is 6.16. The molecule has 1 saturated carbocycles. The molecule has 0 radical (unpaired) electrons. The largest absolute Gasteiger partial charge is 0.477 e. The van der Waals surface area contributed by atoms with Crippen LogP contribution < -0.4 is 11.1 Å². The first-order valence-electron chi connectivity index (χ1n) is 7.90. The Morgan fingerprint density at radius 3 is 2.60 bits per heavy atom. The minimum atomic E-state index is -2.63. The van der Waals surface area contributed by atoms with Gasteiger partial charge >= 0.3 is 5.97 Å². The summed E-state index contributed by atoms with van der Waals surface area (Å²) in [4.78, 5) is 23.4. The summed E-state index contributed by atoms with van der Waals surface area (Å²) in [6.45, 7) is 3.38. The number of aromatic nitrogens is 2. The zero-order valence-electron chi connectivity index (χ0n) is 14.1. The Bertz CT molecular complexity index is 704. The lowest BCUT2D eigenvalue weighted by Gasteiger charge is -2.29. The van der Waals surface area contributed by atoms with Crippen LogP contribution in [0, 0.1) is 0 Å². The van der Waals surface area contributed by atoms with Crippen molar-refractivity contribution in [3.05, 3.63) is 23.5 Å². The zero-order valence-corrected chi connectivity index (χ0v) is 14.1. The maximum Gasteiger partial charge on any atom is 0.354 e. The number of carboxylic acids is 1. The number of hydrogen-bond donors (Lipinski definition) is 3. The van der Waals surface area contributed by atoms with Crippen LogP contribution in [0.15, 0.2) is 22.8 Å². The van der Waals surface area contributed by atoms with Crippen LogP contribution in [0.2, 0.25) is 0 Å². The number of allylic oxidation sites excluding steroid dienone is 2. The summed E-state index contributed by atoms with van der Waals surface area (Å²) in [5.41, 5.74) is 6.41. The molecule has 1 aliphatic carbocycles. The maximum absolute atomic E-state index is 13.2. The lowest BCUT2D eigenvalue weighted by atomic mass is 9.92. The predicted molar refractivity (Wildman–Crippen MR) is 90.5 cm³/mol. The topological polar surface area (TPSA) is 113 Å². The van der Waals surface area contributed by atoms with Gasteiger partial charge in [-0.1, -0.05) is 0 Å². The van der Waals surface area contributed by atoms with Gasteiger partial charge < -0.3 is 16.2 Å². The zero-order chi connectivity index (χ0) is 18.6. The van der Waals surface area contributed by atoms with Crippen molar-refractivity contribution in [2.24, 2.45) is 10.7 Å². The third-order valence-corrected chi connectivity index (χ3v) is 3.72. The Kier molecular flexibility index (Phi) is 5.66. The molecule has 136 valence electrons. The summed E-state index contributed by atoms with van der Waals surface area (Å²) >= 11 is 0. The number of anilines is 1. The molecule has 0 aromatic carbocycles. The second kappa shape index (κ2) is 7.54. The molecule has 1 aromatic heterocycles. The third kappa shape index (κ3) is 5.77. The summed E-state index contributed by atoms with van der Waals surface area (Å²) in [7, 11) is 0. The van der Waals surface area contributed by atoms with Crippen molar-refractivity contribution in [1.29, 1.82) is 0 Å². The molecule has 0 spiro atoms. The highest BCUT2D eigenvalue weighted by Crippen LogP contribution is 2.34. The van der Waals surface area contributed by atoms with Crippen LogP contribution in [-0.4, -0.2) is 38.7 Å². The van der Waals surface area contributed by atoms with E-state index in [1.54, 1.807) is 19.9 Å². The average molecular weight is 353 g/mol. The van der Waals surface area contributed by atoms with Gasteiger partial charge in [-0.2, -0.15) is 4.98 Å². The van der Waals surface area contributed by atoms with Crippen molar-refractivity contribution in [2.45, 2.75) is 51.5 Å². The monoisotopic (exact) mass is 353 g/mol. The highest BCUT2D eigenvalue weighted by molar-refractivity contribution is 5.94. The predicted octanol–water partition coefficient (Wildman–Crippen LogP) is 3.12. The van der Waals surface area contributed by atoms with Gasteiger partial charge in [-0.15, -0.1) is 0 Å². The Balaban J connectivity index is 2.23. The normalized spacial score (nSPS) is 18.9. The molecular formula is C16H21F2N5O2. The van der Waals surface area contributed by atoms with E-state index in [9.17, 15) is 18.7 Å². The molecule has 0 amide bonds. The van der Waals surface area contributed by atoms with Crippen LogP contribution >= 0.6 is 0 Å². The van der Waals surface area contributed by atoms with Crippen LogP contribution in [0.3, 0.4) is 0 Å². The number of carbonyl (C=O) groups is 1. The van der Waals surface area contributed by atoms with Crippen LogP contribution in [0.4, 0.5) is 20.5 Å². The van der Waals surface area contributed by atoms with Gasteiger partial charge in [0.15, 0.2) is 5.69 Å². The summed E-state index contributed by atoms with van der Waals surface area (Å²) in [6, 6.07) is 1.08. The number of halogens is 2. The van der Waals surface area contributed by atoms with Crippen LogP contribution in [0.25, 0.3) is 0 Å². The Hall–Kier alpha value is -2.58. The molecule has 7 nitrogen and oxygen atoms in total. The van der Waals surface area contributed by atoms with Crippen molar-refractivity contribution < 1.29 is 18.7 Å². The summed E-state index contributed by atoms with van der Waals surface area (Å²) in [5.74, 6) is -3.63. The van der Waals surface area contributed by atoms with E-state index in [0.29, 0.717) is 11.4 Å². The Morgan fingerprint density at radius 2 is 2.04 bits per heavy atom. The molecular weight excluding hydrogens is 332 g/mol. The number of aliphatic imine (C=N–C) groups is 1. The SMILES string of the molecule is C/C(N)=C/C(C)=N/c1nc(NC2CCC(F)(F)CC2)cc(C(=O)O)n1. The summed E-state index contributed by atoms with van der Waals surface area (Å²) in [5, 5.41) is 12.2. The fraction of sp³-hybridized carbons (Fsp3) is 0.500. The highest BCUT2D eigenvalue weighted by Gasteiger charge is 2.35. The molecule has 0 atom stereocenters. The number of aromatic carboxylic acids is 1. The molecule has 1 fully saturated rings. The molecule has 9 heteroatoms. The Labute approximate surface area is 144 Å². The smallest absolute Gasteiger partial charge is 0.354 e. The van der Waals surface area contributed by atoms with Crippen LogP contribution in [-0.2, 0) is 0 Å². The molecule has 0 bridgehead atoms. The van der Waals surface area contributed by atoms with Gasteiger partial charge in [0.25, 0.3) is 5.95 Å². The van der Waals surface area contributed by atoms with Gasteiger partial charge in [0, 0.05) is 36.4 Å². The van der Waals surface area contributed by atoms with Gasteiger partial charge in [0.1, 0.15) is 5.82 Å². The third-order valence-electron chi connectivity index (χ3n) is 3.72. The Morgan fingerprint density at radius 1 is 1.40 bits per heavy atom. The number of hydrogen-bond acceptors (Lipinski definition) is 6. The minimum absolute atomic E-state index is 0.0291. The number of rotatable bonds is 5. The van der Waals surface area contributed by atoms with Crippen LogP contribution in [0.1, 0.15) is 50.0 Å². The molecule has 25 heavy (non-hydrogen) atoms. The fourth-order valence-electron chi connectivity index (χ4n) is 2.58. The quantitative estimate of drug-likeness (QED) is 0.701. The van der Waals surface area contributed by atoms with E-state index in [1.807, 2.05) is 0 Å². The first-order valence-corrected chi connectivity index (χ1v) is 7.90. The maximum atomic E-state index is 13.2. The lowest BCUT2D eigenvalue weighted by molar-refractivity contribution is -0.0361.